The third-order valence-electron chi connectivity index (χ3n) is 5.48. The van der Waals surface area contributed by atoms with Gasteiger partial charge in [0.2, 0.25) is 0 Å². The topological polar surface area (TPSA) is 105 Å². The molecule has 1 heterocycles. The van der Waals surface area contributed by atoms with Gasteiger partial charge in [0.05, 0.1) is 25.1 Å². The number of aromatic hydroxyl groups is 1. The van der Waals surface area contributed by atoms with E-state index in [0.29, 0.717) is 28.1 Å². The number of aromatic amines is 1. The number of carbonyl (C=O) groups excluding carboxylic acids is 1. The highest BCUT2D eigenvalue weighted by Gasteiger charge is 2.11. The molecular weight excluding hydrogens is 432 g/mol. The van der Waals surface area contributed by atoms with Crippen molar-refractivity contribution >= 4 is 11.9 Å². The average molecular weight is 456 g/mol. The zero-order valence-corrected chi connectivity index (χ0v) is 18.8. The van der Waals surface area contributed by atoms with Crippen LogP contribution in [0.1, 0.15) is 27.0 Å². The summed E-state index contributed by atoms with van der Waals surface area (Å²) < 4.78 is 6.59. The molecule has 7 nitrogen and oxygen atoms in total. The Morgan fingerprint density at radius 1 is 1.12 bits per heavy atom. The summed E-state index contributed by atoms with van der Waals surface area (Å²) in [4.78, 5) is 28.2. The van der Waals surface area contributed by atoms with E-state index in [1.165, 1.54) is 17.8 Å². The SMILES string of the molecule is COc1cc(C=CC(=O)c2cccc(-n3cc(-c4ccc(C)cc4)[nH]c3=O)c2)cc(CO)c1O. The number of hydrogen-bond donors (Lipinski definition) is 3. The molecule has 34 heavy (non-hydrogen) atoms. The van der Waals surface area contributed by atoms with Crippen LogP contribution < -0.4 is 10.4 Å². The number of aliphatic hydroxyl groups excluding tert-OH is 1. The minimum atomic E-state index is -0.365. The maximum Gasteiger partial charge on any atom is 0.330 e. The second-order valence-corrected chi connectivity index (χ2v) is 7.85. The third-order valence-corrected chi connectivity index (χ3v) is 5.48. The maximum absolute atomic E-state index is 12.8. The molecule has 0 radical (unpaired) electrons. The molecule has 0 saturated heterocycles. The molecule has 0 amide bonds. The molecule has 3 N–H and O–H groups in total. The first-order valence-corrected chi connectivity index (χ1v) is 10.6. The highest BCUT2D eigenvalue weighted by Crippen LogP contribution is 2.32. The van der Waals surface area contributed by atoms with Gasteiger partial charge in [-0.1, -0.05) is 48.0 Å². The van der Waals surface area contributed by atoms with Gasteiger partial charge < -0.3 is 19.9 Å². The molecule has 4 rings (SSSR count). The number of nitrogens with zero attached hydrogens (tertiary/aromatic N) is 1. The Hall–Kier alpha value is -4.36. The van der Waals surface area contributed by atoms with E-state index in [-0.39, 0.29) is 29.6 Å². The van der Waals surface area contributed by atoms with Crippen LogP contribution in [0.4, 0.5) is 0 Å². The summed E-state index contributed by atoms with van der Waals surface area (Å²) in [7, 11) is 1.41. The van der Waals surface area contributed by atoms with Gasteiger partial charge in [-0.25, -0.2) is 4.79 Å². The van der Waals surface area contributed by atoms with E-state index in [2.05, 4.69) is 4.98 Å². The number of benzene rings is 3. The van der Waals surface area contributed by atoms with Crippen molar-refractivity contribution in [3.05, 3.63) is 106 Å². The van der Waals surface area contributed by atoms with Crippen molar-refractivity contribution in [2.45, 2.75) is 13.5 Å². The number of ketones is 1. The lowest BCUT2D eigenvalue weighted by atomic mass is 10.1. The number of ether oxygens (including phenoxy) is 1. The summed E-state index contributed by atoms with van der Waals surface area (Å²) in [5, 5.41) is 19.4. The molecule has 0 bridgehead atoms. The lowest BCUT2D eigenvalue weighted by Crippen LogP contribution is -2.14. The van der Waals surface area contributed by atoms with Gasteiger partial charge >= 0.3 is 5.69 Å². The number of aromatic nitrogens is 2. The minimum Gasteiger partial charge on any atom is -0.504 e. The van der Waals surface area contributed by atoms with Gasteiger partial charge in [0.15, 0.2) is 17.3 Å². The van der Waals surface area contributed by atoms with Crippen LogP contribution in [-0.2, 0) is 6.61 Å². The molecule has 0 fully saturated rings. The third kappa shape index (κ3) is 4.69. The number of carbonyl (C=O) groups is 1. The van der Waals surface area contributed by atoms with E-state index in [1.54, 1.807) is 48.7 Å². The zero-order valence-electron chi connectivity index (χ0n) is 18.8. The fraction of sp³-hybridized carbons (Fsp3) is 0.111. The number of nitrogens with one attached hydrogen (secondary N) is 1. The predicted molar refractivity (Wildman–Crippen MR) is 131 cm³/mol. The molecular formula is C27H24N2O5. The molecule has 0 aliphatic rings. The van der Waals surface area contributed by atoms with Gasteiger partial charge in [-0.15, -0.1) is 0 Å². The molecule has 4 aromatic rings. The number of allylic oxidation sites excluding steroid dienone is 1. The summed E-state index contributed by atoms with van der Waals surface area (Å²) in [5.74, 6) is -0.193. The second kappa shape index (κ2) is 9.64. The summed E-state index contributed by atoms with van der Waals surface area (Å²) >= 11 is 0. The number of aryl methyl sites for hydroxylation is 1. The molecule has 0 saturated carbocycles. The molecule has 0 spiro atoms. The number of aliphatic hydroxyl groups is 1. The Kier molecular flexibility index (Phi) is 6.47. The number of H-pyrrole nitrogens is 1. The first kappa shape index (κ1) is 22.8. The molecule has 0 unspecified atom stereocenters. The quantitative estimate of drug-likeness (QED) is 0.285. The van der Waals surface area contributed by atoms with E-state index in [4.69, 9.17) is 4.74 Å². The predicted octanol–water partition coefficient (Wildman–Crippen LogP) is 4.24. The molecule has 0 aliphatic heterocycles. The Morgan fingerprint density at radius 2 is 1.88 bits per heavy atom. The molecule has 3 aromatic carbocycles. The Morgan fingerprint density at radius 3 is 2.59 bits per heavy atom. The standard InChI is InChI=1S/C27H24N2O5/c1-17-6-9-19(10-7-17)23-15-29(27(33)28-23)22-5-3-4-20(14-22)24(31)11-8-18-12-21(16-30)26(32)25(13-18)34-2/h3-15,30,32H,16H2,1-2H3,(H,28,33). The van der Waals surface area contributed by atoms with Crippen molar-refractivity contribution in [2.75, 3.05) is 7.11 Å². The number of imidazole rings is 1. The Bertz CT molecular complexity index is 1400. The van der Waals surface area contributed by atoms with E-state index in [1.807, 2.05) is 31.2 Å². The fourth-order valence-electron chi connectivity index (χ4n) is 3.61. The summed E-state index contributed by atoms with van der Waals surface area (Å²) in [6.07, 6.45) is 4.68. The summed E-state index contributed by atoms with van der Waals surface area (Å²) in [6.45, 7) is 1.63. The highest BCUT2D eigenvalue weighted by molar-refractivity contribution is 6.07. The molecule has 1 aromatic heterocycles. The first-order chi connectivity index (χ1) is 16.4. The van der Waals surface area contributed by atoms with Gasteiger partial charge in [-0.05, 0) is 48.4 Å². The van der Waals surface area contributed by atoms with Crippen LogP contribution in [0.3, 0.4) is 0 Å². The lowest BCUT2D eigenvalue weighted by Gasteiger charge is -2.08. The van der Waals surface area contributed by atoms with E-state index < -0.39 is 0 Å². The van der Waals surface area contributed by atoms with Crippen molar-refractivity contribution in [1.29, 1.82) is 0 Å². The van der Waals surface area contributed by atoms with Crippen LogP contribution in [0.2, 0.25) is 0 Å². The van der Waals surface area contributed by atoms with Crippen molar-refractivity contribution in [3.63, 3.8) is 0 Å². The number of phenols is 1. The van der Waals surface area contributed by atoms with Crippen LogP contribution >= 0.6 is 0 Å². The smallest absolute Gasteiger partial charge is 0.330 e. The monoisotopic (exact) mass is 456 g/mol. The number of methoxy groups -OCH3 is 1. The van der Waals surface area contributed by atoms with Crippen LogP contribution in [0.15, 0.2) is 77.7 Å². The van der Waals surface area contributed by atoms with Crippen molar-refractivity contribution in [3.8, 4) is 28.4 Å². The van der Waals surface area contributed by atoms with Gasteiger partial charge in [0.25, 0.3) is 0 Å². The molecule has 172 valence electrons. The maximum atomic E-state index is 12.8. The van der Waals surface area contributed by atoms with E-state index in [0.717, 1.165) is 11.1 Å². The molecule has 0 aliphatic carbocycles. The minimum absolute atomic E-state index is 0.136. The number of hydrogen-bond acceptors (Lipinski definition) is 5. The Labute approximate surface area is 196 Å². The van der Waals surface area contributed by atoms with Gasteiger partial charge in [0.1, 0.15) is 0 Å². The van der Waals surface area contributed by atoms with E-state index >= 15 is 0 Å². The van der Waals surface area contributed by atoms with E-state index in [9.17, 15) is 19.8 Å². The van der Waals surface area contributed by atoms with Crippen molar-refractivity contribution in [1.82, 2.24) is 9.55 Å². The number of rotatable bonds is 7. The normalized spacial score (nSPS) is 11.1. The summed E-state index contributed by atoms with van der Waals surface area (Å²) in [6, 6.07) is 17.8. The van der Waals surface area contributed by atoms with Gasteiger partial charge in [-0.2, -0.15) is 0 Å². The average Bonchev–Trinajstić information content (AvgIpc) is 3.25. The van der Waals surface area contributed by atoms with Gasteiger partial charge in [-0.3, -0.25) is 9.36 Å². The van der Waals surface area contributed by atoms with Crippen LogP contribution in [-0.4, -0.2) is 32.7 Å². The lowest BCUT2D eigenvalue weighted by molar-refractivity contribution is 0.104. The van der Waals surface area contributed by atoms with Crippen molar-refractivity contribution in [2.24, 2.45) is 0 Å². The van der Waals surface area contributed by atoms with Crippen molar-refractivity contribution < 1.29 is 19.7 Å². The van der Waals surface area contributed by atoms with Crippen LogP contribution in [0.5, 0.6) is 11.5 Å². The van der Waals surface area contributed by atoms with Crippen LogP contribution in [0, 0.1) is 6.92 Å². The fourth-order valence-corrected chi connectivity index (χ4v) is 3.61. The summed E-state index contributed by atoms with van der Waals surface area (Å²) in [5.41, 5.74) is 4.26. The molecule has 7 heteroatoms. The first-order valence-electron chi connectivity index (χ1n) is 10.6. The molecule has 0 atom stereocenters. The largest absolute Gasteiger partial charge is 0.504 e. The zero-order chi connectivity index (χ0) is 24.2. The van der Waals surface area contributed by atoms with Gasteiger partial charge in [0, 0.05) is 17.3 Å². The Balaban J connectivity index is 1.60. The van der Waals surface area contributed by atoms with Crippen LogP contribution in [0.25, 0.3) is 23.0 Å². The highest BCUT2D eigenvalue weighted by atomic mass is 16.5. The second-order valence-electron chi connectivity index (χ2n) is 7.85.